The second-order valence-corrected chi connectivity index (χ2v) is 9.71. The SMILES string of the molecule is CCCCCCCc1ccc(-c2ccc(C3CCC(CCC)CC3)cc2C#N)c(OC)c1F. The quantitative estimate of drug-likeness (QED) is 0.321. The Morgan fingerprint density at radius 1 is 0.939 bits per heavy atom. The number of ether oxygens (including phenoxy) is 1. The van der Waals surface area contributed by atoms with E-state index in [2.05, 4.69) is 26.0 Å². The van der Waals surface area contributed by atoms with E-state index < -0.39 is 0 Å². The van der Waals surface area contributed by atoms with E-state index in [4.69, 9.17) is 4.74 Å². The molecule has 3 heteroatoms. The highest BCUT2D eigenvalue weighted by Crippen LogP contribution is 2.41. The second-order valence-electron chi connectivity index (χ2n) is 9.71. The maximum absolute atomic E-state index is 15.3. The maximum atomic E-state index is 15.3. The van der Waals surface area contributed by atoms with Gasteiger partial charge in [-0.15, -0.1) is 0 Å². The zero-order valence-corrected chi connectivity index (χ0v) is 20.8. The minimum absolute atomic E-state index is 0.255. The van der Waals surface area contributed by atoms with Gasteiger partial charge in [0.15, 0.2) is 11.6 Å². The van der Waals surface area contributed by atoms with Crippen LogP contribution < -0.4 is 4.74 Å². The van der Waals surface area contributed by atoms with Crippen LogP contribution in [-0.2, 0) is 6.42 Å². The minimum atomic E-state index is -0.285. The average molecular weight is 450 g/mol. The molecule has 0 radical (unpaired) electrons. The summed E-state index contributed by atoms with van der Waals surface area (Å²) in [4.78, 5) is 0. The van der Waals surface area contributed by atoms with Crippen LogP contribution in [0.15, 0.2) is 30.3 Å². The topological polar surface area (TPSA) is 33.0 Å². The summed E-state index contributed by atoms with van der Waals surface area (Å²) in [7, 11) is 1.52. The number of hydrogen-bond acceptors (Lipinski definition) is 2. The molecule has 178 valence electrons. The molecule has 2 aromatic carbocycles. The molecule has 0 bridgehead atoms. The van der Waals surface area contributed by atoms with E-state index in [0.29, 0.717) is 22.6 Å². The summed E-state index contributed by atoms with van der Waals surface area (Å²) in [5.74, 6) is 1.35. The van der Waals surface area contributed by atoms with Crippen molar-refractivity contribution in [1.29, 1.82) is 5.26 Å². The van der Waals surface area contributed by atoms with Crippen molar-refractivity contribution >= 4 is 0 Å². The summed E-state index contributed by atoms with van der Waals surface area (Å²) >= 11 is 0. The van der Waals surface area contributed by atoms with Gasteiger partial charge >= 0.3 is 0 Å². The molecule has 33 heavy (non-hydrogen) atoms. The van der Waals surface area contributed by atoms with Crippen molar-refractivity contribution in [2.24, 2.45) is 5.92 Å². The highest BCUT2D eigenvalue weighted by molar-refractivity contribution is 5.77. The Kier molecular flexibility index (Phi) is 9.79. The van der Waals surface area contributed by atoms with Crippen molar-refractivity contribution in [3.63, 3.8) is 0 Å². The third-order valence-corrected chi connectivity index (χ3v) is 7.40. The van der Waals surface area contributed by atoms with Crippen molar-refractivity contribution in [2.45, 2.75) is 96.8 Å². The Hall–Kier alpha value is -2.34. The van der Waals surface area contributed by atoms with E-state index in [1.54, 1.807) is 0 Å². The third-order valence-electron chi connectivity index (χ3n) is 7.40. The number of methoxy groups -OCH3 is 1. The van der Waals surface area contributed by atoms with E-state index in [0.717, 1.165) is 30.7 Å². The van der Waals surface area contributed by atoms with Crippen LogP contribution in [0.5, 0.6) is 5.75 Å². The molecular weight excluding hydrogens is 409 g/mol. The number of benzene rings is 2. The average Bonchev–Trinajstić information content (AvgIpc) is 2.85. The van der Waals surface area contributed by atoms with Crippen LogP contribution in [0, 0.1) is 23.1 Å². The van der Waals surface area contributed by atoms with E-state index in [1.165, 1.54) is 70.5 Å². The fourth-order valence-electron chi connectivity index (χ4n) is 5.46. The Bertz CT molecular complexity index is 937. The molecule has 1 aliphatic rings. The molecule has 1 saturated carbocycles. The third kappa shape index (κ3) is 6.38. The number of rotatable bonds is 11. The van der Waals surface area contributed by atoms with Gasteiger partial charge in [0.2, 0.25) is 0 Å². The number of nitriles is 1. The van der Waals surface area contributed by atoms with Crippen molar-refractivity contribution in [3.8, 4) is 22.9 Å². The van der Waals surface area contributed by atoms with Crippen LogP contribution in [-0.4, -0.2) is 7.11 Å². The standard InChI is InChI=1S/C30H40FNO/c1-4-6-7-8-9-11-24-16-19-28(30(33-3)29(24)31)27-18-17-25(20-26(27)21-32)23-14-12-22(10-5-2)13-15-23/h16-20,22-23H,4-15H2,1-3H3. The van der Waals surface area contributed by atoms with E-state index in [1.807, 2.05) is 24.3 Å². The Morgan fingerprint density at radius 3 is 2.33 bits per heavy atom. The fourth-order valence-corrected chi connectivity index (χ4v) is 5.46. The molecule has 0 unspecified atom stereocenters. The Balaban J connectivity index is 1.79. The predicted molar refractivity (Wildman–Crippen MR) is 135 cm³/mol. The fraction of sp³-hybridized carbons (Fsp3) is 0.567. The first-order valence-electron chi connectivity index (χ1n) is 13.0. The molecular formula is C30H40FNO. The summed E-state index contributed by atoms with van der Waals surface area (Å²) in [5.41, 5.74) is 3.97. The number of hydrogen-bond donors (Lipinski definition) is 0. The van der Waals surface area contributed by atoms with Gasteiger partial charge in [-0.05, 0) is 67.6 Å². The zero-order chi connectivity index (χ0) is 23.6. The smallest absolute Gasteiger partial charge is 0.168 e. The molecule has 0 aliphatic heterocycles. The molecule has 0 spiro atoms. The van der Waals surface area contributed by atoms with Crippen LogP contribution in [0.3, 0.4) is 0 Å². The number of unbranched alkanes of at least 4 members (excludes halogenated alkanes) is 4. The van der Waals surface area contributed by atoms with Crippen molar-refractivity contribution in [2.75, 3.05) is 7.11 Å². The monoisotopic (exact) mass is 449 g/mol. The molecule has 0 N–H and O–H groups in total. The van der Waals surface area contributed by atoms with Crippen molar-refractivity contribution in [1.82, 2.24) is 0 Å². The summed E-state index contributed by atoms with van der Waals surface area (Å²) in [5, 5.41) is 9.90. The first-order valence-corrected chi connectivity index (χ1v) is 13.0. The number of aryl methyl sites for hydroxylation is 1. The lowest BCUT2D eigenvalue weighted by Crippen LogP contribution is -2.13. The molecule has 0 heterocycles. The minimum Gasteiger partial charge on any atom is -0.493 e. The summed E-state index contributed by atoms with van der Waals surface area (Å²) in [6.07, 6.45) is 14.0. The first-order chi connectivity index (χ1) is 16.1. The highest BCUT2D eigenvalue weighted by Gasteiger charge is 2.23. The first kappa shape index (κ1) is 25.3. The van der Waals surface area contributed by atoms with Gasteiger partial charge in [0.1, 0.15) is 0 Å². The molecule has 2 aromatic rings. The van der Waals surface area contributed by atoms with Gasteiger partial charge in [0.25, 0.3) is 0 Å². The van der Waals surface area contributed by atoms with E-state index in [-0.39, 0.29) is 11.6 Å². The number of nitrogens with zero attached hydrogens (tertiary/aromatic N) is 1. The Morgan fingerprint density at radius 2 is 1.67 bits per heavy atom. The summed E-state index contributed by atoms with van der Waals surface area (Å²) < 4.78 is 20.8. The second kappa shape index (κ2) is 12.8. The van der Waals surface area contributed by atoms with Gasteiger partial charge in [0.05, 0.1) is 18.7 Å². The van der Waals surface area contributed by atoms with Crippen LogP contribution in [0.1, 0.15) is 107 Å². The summed E-state index contributed by atoms with van der Waals surface area (Å²) in [6.45, 7) is 4.46. The molecule has 0 amide bonds. The molecule has 0 saturated heterocycles. The number of halogens is 1. The Labute approximate surface area is 200 Å². The van der Waals surface area contributed by atoms with Gasteiger partial charge in [-0.25, -0.2) is 4.39 Å². The van der Waals surface area contributed by atoms with Gasteiger partial charge in [-0.1, -0.05) is 76.6 Å². The molecule has 1 aliphatic carbocycles. The lowest BCUT2D eigenvalue weighted by Gasteiger charge is -2.29. The van der Waals surface area contributed by atoms with E-state index >= 15 is 4.39 Å². The molecule has 0 aromatic heterocycles. The lowest BCUT2D eigenvalue weighted by atomic mass is 9.76. The van der Waals surface area contributed by atoms with Crippen molar-refractivity contribution in [3.05, 3.63) is 52.8 Å². The largest absolute Gasteiger partial charge is 0.493 e. The van der Waals surface area contributed by atoms with E-state index in [9.17, 15) is 5.26 Å². The van der Waals surface area contributed by atoms with Crippen LogP contribution in [0.25, 0.3) is 11.1 Å². The lowest BCUT2D eigenvalue weighted by molar-refractivity contribution is 0.308. The van der Waals surface area contributed by atoms with Crippen LogP contribution >= 0.6 is 0 Å². The summed E-state index contributed by atoms with van der Waals surface area (Å²) in [6, 6.07) is 12.3. The molecule has 3 rings (SSSR count). The zero-order valence-electron chi connectivity index (χ0n) is 20.8. The van der Waals surface area contributed by atoms with Gasteiger partial charge in [-0.2, -0.15) is 5.26 Å². The van der Waals surface area contributed by atoms with Crippen LogP contribution in [0.2, 0.25) is 0 Å². The highest BCUT2D eigenvalue weighted by atomic mass is 19.1. The van der Waals surface area contributed by atoms with Gasteiger partial charge in [0, 0.05) is 11.1 Å². The maximum Gasteiger partial charge on any atom is 0.168 e. The molecule has 2 nitrogen and oxygen atoms in total. The molecule has 1 fully saturated rings. The van der Waals surface area contributed by atoms with Crippen LogP contribution in [0.4, 0.5) is 4.39 Å². The molecule has 0 atom stereocenters. The predicted octanol–water partition coefficient (Wildman–Crippen LogP) is 8.96. The van der Waals surface area contributed by atoms with Gasteiger partial charge < -0.3 is 4.74 Å². The normalized spacial score (nSPS) is 18.2. The van der Waals surface area contributed by atoms with Gasteiger partial charge in [-0.3, -0.25) is 0 Å². The van der Waals surface area contributed by atoms with Crippen molar-refractivity contribution < 1.29 is 9.13 Å².